The average molecular weight is 312 g/mol. The van der Waals surface area contributed by atoms with E-state index >= 15 is 0 Å². The third kappa shape index (κ3) is 2.00. The highest BCUT2D eigenvalue weighted by Crippen LogP contribution is 2.30. The van der Waals surface area contributed by atoms with Gasteiger partial charge in [0.25, 0.3) is 0 Å². The van der Waals surface area contributed by atoms with Gasteiger partial charge in [0.05, 0.1) is 15.5 Å². The Morgan fingerprint density at radius 1 is 1.39 bits per heavy atom. The maximum atomic E-state index is 13.5. The molecule has 0 saturated heterocycles. The van der Waals surface area contributed by atoms with Crippen molar-refractivity contribution in [3.05, 3.63) is 22.4 Å². The van der Waals surface area contributed by atoms with Gasteiger partial charge in [-0.05, 0) is 40.8 Å². The van der Waals surface area contributed by atoms with Crippen molar-refractivity contribution in [1.29, 1.82) is 0 Å². The van der Waals surface area contributed by atoms with Gasteiger partial charge in [0.2, 0.25) is 5.95 Å². The first-order valence-corrected chi connectivity index (χ1v) is 7.05. The molecule has 0 amide bonds. The molecule has 1 aliphatic rings. The Balaban J connectivity index is 2.04. The minimum atomic E-state index is -0.298. The van der Waals surface area contributed by atoms with Crippen LogP contribution in [0.4, 0.5) is 10.3 Å². The monoisotopic (exact) mass is 311 g/mol. The van der Waals surface area contributed by atoms with Crippen molar-refractivity contribution in [2.45, 2.75) is 32.2 Å². The minimum Gasteiger partial charge on any atom is -0.369 e. The predicted molar refractivity (Wildman–Crippen MR) is 73.8 cm³/mol. The quantitative estimate of drug-likeness (QED) is 0.918. The van der Waals surface area contributed by atoms with Gasteiger partial charge < -0.3 is 10.3 Å². The van der Waals surface area contributed by atoms with E-state index in [-0.39, 0.29) is 5.82 Å². The molecule has 1 heterocycles. The summed E-state index contributed by atoms with van der Waals surface area (Å²) >= 11 is 3.22. The Kier molecular flexibility index (Phi) is 3.01. The van der Waals surface area contributed by atoms with Crippen LogP contribution in [0.3, 0.4) is 0 Å². The van der Waals surface area contributed by atoms with E-state index < -0.39 is 0 Å². The van der Waals surface area contributed by atoms with Crippen molar-refractivity contribution in [2.75, 3.05) is 5.73 Å². The molecular weight excluding hydrogens is 297 g/mol. The lowest BCUT2D eigenvalue weighted by atomic mass is 10.1. The molecule has 2 aromatic rings. The summed E-state index contributed by atoms with van der Waals surface area (Å²) < 4.78 is 15.9. The first kappa shape index (κ1) is 12.0. The summed E-state index contributed by atoms with van der Waals surface area (Å²) in [6.07, 6.45) is 5.11. The molecule has 2 N–H and O–H groups in total. The predicted octanol–water partition coefficient (Wildman–Crippen LogP) is 3.71. The molecule has 1 fully saturated rings. The van der Waals surface area contributed by atoms with Crippen LogP contribution in [-0.4, -0.2) is 9.55 Å². The minimum absolute atomic E-state index is 0.298. The Bertz CT molecular complexity index is 587. The maximum absolute atomic E-state index is 13.5. The van der Waals surface area contributed by atoms with Crippen molar-refractivity contribution in [3.63, 3.8) is 0 Å². The number of rotatable bonds is 2. The maximum Gasteiger partial charge on any atom is 0.201 e. The standard InChI is InChI=1S/C13H15BrFN3/c14-9-5-12-11(6-10(9)15)17-13(16)18(12)7-8-3-1-2-4-8/h5-6,8H,1-4,7H2,(H2,16,17). The lowest BCUT2D eigenvalue weighted by Crippen LogP contribution is -2.10. The number of nitrogens with two attached hydrogens (primary N) is 1. The van der Waals surface area contributed by atoms with Crippen LogP contribution in [0, 0.1) is 11.7 Å². The van der Waals surface area contributed by atoms with E-state index in [9.17, 15) is 4.39 Å². The molecular formula is C13H15BrFN3. The van der Waals surface area contributed by atoms with E-state index in [4.69, 9.17) is 5.73 Å². The summed E-state index contributed by atoms with van der Waals surface area (Å²) in [4.78, 5) is 4.24. The van der Waals surface area contributed by atoms with E-state index in [0.29, 0.717) is 21.9 Å². The lowest BCUT2D eigenvalue weighted by Gasteiger charge is -2.12. The molecule has 1 saturated carbocycles. The average Bonchev–Trinajstić information content (AvgIpc) is 2.92. The lowest BCUT2D eigenvalue weighted by molar-refractivity contribution is 0.468. The van der Waals surface area contributed by atoms with Gasteiger partial charge in [-0.25, -0.2) is 9.37 Å². The second kappa shape index (κ2) is 4.53. The summed E-state index contributed by atoms with van der Waals surface area (Å²) in [5.41, 5.74) is 7.49. The van der Waals surface area contributed by atoms with Crippen LogP contribution in [0.25, 0.3) is 11.0 Å². The molecule has 5 heteroatoms. The molecule has 0 spiro atoms. The molecule has 1 aliphatic carbocycles. The zero-order valence-electron chi connectivity index (χ0n) is 10.00. The molecule has 1 aromatic carbocycles. The number of nitrogens with zero attached hydrogens (tertiary/aromatic N) is 2. The van der Waals surface area contributed by atoms with Crippen LogP contribution in [-0.2, 0) is 6.54 Å². The highest BCUT2D eigenvalue weighted by molar-refractivity contribution is 9.10. The number of halogens is 2. The van der Waals surface area contributed by atoms with Crippen LogP contribution < -0.4 is 5.73 Å². The number of benzene rings is 1. The van der Waals surface area contributed by atoms with Crippen LogP contribution in [0.2, 0.25) is 0 Å². The van der Waals surface area contributed by atoms with E-state index in [2.05, 4.69) is 20.9 Å². The third-order valence-corrected chi connectivity index (χ3v) is 4.34. The Hall–Kier alpha value is -1.10. The normalized spacial score (nSPS) is 16.8. The van der Waals surface area contributed by atoms with Crippen molar-refractivity contribution >= 4 is 32.9 Å². The number of fused-ring (bicyclic) bond motifs is 1. The van der Waals surface area contributed by atoms with Gasteiger partial charge in [-0.1, -0.05) is 12.8 Å². The van der Waals surface area contributed by atoms with Crippen LogP contribution in [0.5, 0.6) is 0 Å². The van der Waals surface area contributed by atoms with Gasteiger partial charge >= 0.3 is 0 Å². The topological polar surface area (TPSA) is 43.8 Å². The molecule has 0 radical (unpaired) electrons. The molecule has 3 rings (SSSR count). The van der Waals surface area contributed by atoms with Gasteiger partial charge in [-0.15, -0.1) is 0 Å². The fourth-order valence-corrected chi connectivity index (χ4v) is 3.11. The second-order valence-electron chi connectivity index (χ2n) is 4.99. The van der Waals surface area contributed by atoms with E-state index in [0.717, 1.165) is 12.1 Å². The zero-order valence-corrected chi connectivity index (χ0v) is 11.6. The molecule has 1 aromatic heterocycles. The first-order chi connectivity index (χ1) is 8.65. The molecule has 18 heavy (non-hydrogen) atoms. The summed E-state index contributed by atoms with van der Waals surface area (Å²) in [6.45, 7) is 0.889. The van der Waals surface area contributed by atoms with Crippen molar-refractivity contribution in [1.82, 2.24) is 9.55 Å². The highest BCUT2D eigenvalue weighted by atomic mass is 79.9. The molecule has 3 nitrogen and oxygen atoms in total. The van der Waals surface area contributed by atoms with Crippen LogP contribution in [0.1, 0.15) is 25.7 Å². The third-order valence-electron chi connectivity index (χ3n) is 3.74. The smallest absolute Gasteiger partial charge is 0.201 e. The van der Waals surface area contributed by atoms with Crippen molar-refractivity contribution < 1.29 is 4.39 Å². The summed E-state index contributed by atoms with van der Waals surface area (Å²) in [5.74, 6) is 0.857. The molecule has 0 unspecified atom stereocenters. The van der Waals surface area contributed by atoms with Gasteiger partial charge in [0.1, 0.15) is 5.82 Å². The van der Waals surface area contributed by atoms with E-state index in [1.54, 1.807) is 6.07 Å². The van der Waals surface area contributed by atoms with Crippen LogP contribution >= 0.6 is 15.9 Å². The van der Waals surface area contributed by atoms with Crippen LogP contribution in [0.15, 0.2) is 16.6 Å². The number of aromatic nitrogens is 2. The number of anilines is 1. The van der Waals surface area contributed by atoms with Gasteiger partial charge in [0, 0.05) is 12.6 Å². The zero-order chi connectivity index (χ0) is 12.7. The van der Waals surface area contributed by atoms with Gasteiger partial charge in [-0.3, -0.25) is 0 Å². The molecule has 0 aliphatic heterocycles. The van der Waals surface area contributed by atoms with Crippen molar-refractivity contribution in [2.24, 2.45) is 5.92 Å². The molecule has 96 valence electrons. The fourth-order valence-electron chi connectivity index (χ4n) is 2.78. The first-order valence-electron chi connectivity index (χ1n) is 6.26. The molecule has 0 atom stereocenters. The Morgan fingerprint density at radius 3 is 2.83 bits per heavy atom. The van der Waals surface area contributed by atoms with Crippen molar-refractivity contribution in [3.8, 4) is 0 Å². The fraction of sp³-hybridized carbons (Fsp3) is 0.462. The summed E-state index contributed by atoms with van der Waals surface area (Å²) in [7, 11) is 0. The highest BCUT2D eigenvalue weighted by Gasteiger charge is 2.19. The number of imidazole rings is 1. The van der Waals surface area contributed by atoms with Gasteiger partial charge in [-0.2, -0.15) is 0 Å². The van der Waals surface area contributed by atoms with E-state index in [1.165, 1.54) is 31.7 Å². The number of nitrogen functional groups attached to an aromatic ring is 1. The second-order valence-corrected chi connectivity index (χ2v) is 5.84. The number of hydrogen-bond donors (Lipinski definition) is 1. The van der Waals surface area contributed by atoms with Gasteiger partial charge in [0.15, 0.2) is 0 Å². The van der Waals surface area contributed by atoms with E-state index in [1.807, 2.05) is 4.57 Å². The Labute approximate surface area is 113 Å². The summed E-state index contributed by atoms with van der Waals surface area (Å²) in [5, 5.41) is 0. The SMILES string of the molecule is Nc1nc2cc(F)c(Br)cc2n1CC1CCCC1. The summed E-state index contributed by atoms with van der Waals surface area (Å²) in [6, 6.07) is 3.20. The largest absolute Gasteiger partial charge is 0.369 e. The number of hydrogen-bond acceptors (Lipinski definition) is 2. The molecule has 0 bridgehead atoms. The Morgan fingerprint density at radius 2 is 2.11 bits per heavy atom.